The molecule has 1 atom stereocenters. The van der Waals surface area contributed by atoms with Crippen molar-refractivity contribution in [2.75, 3.05) is 45.6 Å². The van der Waals surface area contributed by atoms with Crippen LogP contribution >= 0.6 is 0 Å². The number of unbranched alkanes of at least 4 members (excludes halogenated alkanes) is 2. The molecular weight excluding hydrogens is 296 g/mol. The maximum atomic E-state index is 11.6. The first-order valence-corrected chi connectivity index (χ1v) is 9.18. The number of hydrogen-bond donors (Lipinski definition) is 1. The largest absolute Gasteiger partial charge is 0.480 e. The van der Waals surface area contributed by atoms with E-state index in [0.29, 0.717) is 13.2 Å². The van der Waals surface area contributed by atoms with Crippen molar-refractivity contribution in [3.63, 3.8) is 0 Å². The molecule has 0 aromatic carbocycles. The molecule has 0 aliphatic carbocycles. The summed E-state index contributed by atoms with van der Waals surface area (Å²) in [5.41, 5.74) is 0. The summed E-state index contributed by atoms with van der Waals surface area (Å²) in [6.45, 7) is 4.75. The van der Waals surface area contributed by atoms with Crippen molar-refractivity contribution in [3.8, 4) is 0 Å². The number of aliphatic carboxylic acids is 1. The zero-order chi connectivity index (χ0) is 15.9. The van der Waals surface area contributed by atoms with Crippen LogP contribution in [0.1, 0.15) is 26.2 Å². The van der Waals surface area contributed by atoms with Gasteiger partial charge in [-0.15, -0.1) is 0 Å². The average Bonchev–Trinajstić information content (AvgIpc) is 2.37. The van der Waals surface area contributed by atoms with E-state index in [1.165, 1.54) is 6.42 Å². The molecule has 0 radical (unpaired) electrons. The van der Waals surface area contributed by atoms with Gasteiger partial charge >= 0.3 is 5.97 Å². The van der Waals surface area contributed by atoms with Gasteiger partial charge in [0.25, 0.3) is 0 Å². The fourth-order valence-corrected chi connectivity index (χ4v) is 3.16. The summed E-state index contributed by atoms with van der Waals surface area (Å²) in [5, 5.41) is 8.81. The molecule has 0 saturated carbocycles. The topological polar surface area (TPSA) is 87.2 Å². The van der Waals surface area contributed by atoms with Crippen LogP contribution in [0, 0.1) is 0 Å². The molecule has 124 valence electrons. The normalized spacial score (nSPS) is 20.8. The minimum atomic E-state index is -3.54. The molecule has 0 spiro atoms. The van der Waals surface area contributed by atoms with Crippen molar-refractivity contribution in [3.05, 3.63) is 0 Å². The lowest BCUT2D eigenvalue weighted by atomic mass is 10.2. The van der Waals surface area contributed by atoms with E-state index >= 15 is 0 Å². The van der Waals surface area contributed by atoms with Crippen molar-refractivity contribution < 1.29 is 23.1 Å². The third-order valence-corrected chi connectivity index (χ3v) is 4.70. The highest BCUT2D eigenvalue weighted by atomic mass is 32.2. The first kappa shape index (κ1) is 18.3. The minimum absolute atomic E-state index is 0.0927. The predicted molar refractivity (Wildman–Crippen MR) is 79.8 cm³/mol. The van der Waals surface area contributed by atoms with Crippen LogP contribution in [0.5, 0.6) is 0 Å². The van der Waals surface area contributed by atoms with Crippen LogP contribution in [0.2, 0.25) is 0 Å². The number of rotatable bonds is 9. The predicted octanol–water partition coefficient (Wildman–Crippen LogP) is 0.224. The number of ether oxygens (including phenoxy) is 1. The number of sulfonamides is 1. The lowest BCUT2D eigenvalue weighted by Gasteiger charge is -2.34. The van der Waals surface area contributed by atoms with Crippen LogP contribution in [-0.4, -0.2) is 80.4 Å². The lowest BCUT2D eigenvalue weighted by Crippen LogP contribution is -2.49. The van der Waals surface area contributed by atoms with Crippen LogP contribution in [0.25, 0.3) is 0 Å². The zero-order valence-electron chi connectivity index (χ0n) is 12.8. The maximum Gasteiger partial charge on any atom is 0.318 e. The van der Waals surface area contributed by atoms with Gasteiger partial charge in [-0.25, -0.2) is 8.42 Å². The Morgan fingerprint density at radius 2 is 2.14 bits per heavy atom. The maximum absolute atomic E-state index is 11.6. The second-order valence-corrected chi connectivity index (χ2v) is 7.43. The Kier molecular flexibility index (Phi) is 7.58. The quantitative estimate of drug-likeness (QED) is 0.611. The van der Waals surface area contributed by atoms with E-state index in [4.69, 9.17) is 9.84 Å². The smallest absolute Gasteiger partial charge is 0.318 e. The van der Waals surface area contributed by atoms with Crippen molar-refractivity contribution >= 4 is 16.0 Å². The molecule has 1 unspecified atom stereocenters. The van der Waals surface area contributed by atoms with Gasteiger partial charge < -0.3 is 9.84 Å². The molecule has 1 heterocycles. The molecule has 1 fully saturated rings. The Balaban J connectivity index is 2.52. The number of morpholine rings is 1. The number of carbonyl (C=O) groups is 1. The lowest BCUT2D eigenvalue weighted by molar-refractivity contribution is -0.137. The monoisotopic (exact) mass is 322 g/mol. The first-order chi connectivity index (χ1) is 9.82. The summed E-state index contributed by atoms with van der Waals surface area (Å²) in [7, 11) is -3.54. The Morgan fingerprint density at radius 1 is 1.43 bits per heavy atom. The second kappa shape index (κ2) is 8.67. The summed E-state index contributed by atoms with van der Waals surface area (Å²) < 4.78 is 29.8. The summed E-state index contributed by atoms with van der Waals surface area (Å²) >= 11 is 0. The van der Waals surface area contributed by atoms with E-state index in [9.17, 15) is 13.2 Å². The van der Waals surface area contributed by atoms with E-state index in [1.54, 1.807) is 0 Å². The third-order valence-electron chi connectivity index (χ3n) is 3.49. The zero-order valence-corrected chi connectivity index (χ0v) is 13.6. The highest BCUT2D eigenvalue weighted by Crippen LogP contribution is 2.10. The van der Waals surface area contributed by atoms with Gasteiger partial charge in [0.2, 0.25) is 10.0 Å². The molecule has 0 aromatic rings. The Morgan fingerprint density at radius 3 is 2.71 bits per heavy atom. The van der Waals surface area contributed by atoms with E-state index in [-0.39, 0.29) is 12.6 Å². The van der Waals surface area contributed by atoms with E-state index in [1.807, 2.05) is 0 Å². The van der Waals surface area contributed by atoms with Gasteiger partial charge in [0.15, 0.2) is 0 Å². The standard InChI is InChI=1S/C13H26N2O5S/c1-3-4-5-6-14-7-8-20-12(9-14)10-15(11-13(16)17)21(2,18)19/h12H,3-11H2,1-2H3,(H,16,17). The van der Waals surface area contributed by atoms with Crippen molar-refractivity contribution in [2.24, 2.45) is 0 Å². The van der Waals surface area contributed by atoms with Crippen molar-refractivity contribution in [1.82, 2.24) is 9.21 Å². The molecule has 1 N–H and O–H groups in total. The van der Waals surface area contributed by atoms with Crippen LogP contribution in [0.15, 0.2) is 0 Å². The first-order valence-electron chi connectivity index (χ1n) is 7.33. The van der Waals surface area contributed by atoms with E-state index < -0.39 is 22.5 Å². The molecule has 21 heavy (non-hydrogen) atoms. The molecular formula is C13H26N2O5S. The van der Waals surface area contributed by atoms with Gasteiger partial charge in [0.1, 0.15) is 6.54 Å². The summed E-state index contributed by atoms with van der Waals surface area (Å²) in [4.78, 5) is 13.0. The Labute approximate surface area is 126 Å². The third kappa shape index (κ3) is 7.21. The summed E-state index contributed by atoms with van der Waals surface area (Å²) in [6, 6.07) is 0. The number of nitrogens with zero attached hydrogens (tertiary/aromatic N) is 2. The van der Waals surface area contributed by atoms with Crippen LogP contribution in [-0.2, 0) is 19.6 Å². The molecule has 0 amide bonds. The molecule has 7 nitrogen and oxygen atoms in total. The van der Waals surface area contributed by atoms with Gasteiger partial charge in [-0.2, -0.15) is 4.31 Å². The number of carboxylic acid groups (broad SMARTS) is 1. The second-order valence-electron chi connectivity index (χ2n) is 5.45. The van der Waals surface area contributed by atoms with Crippen molar-refractivity contribution in [2.45, 2.75) is 32.3 Å². The minimum Gasteiger partial charge on any atom is -0.480 e. The summed E-state index contributed by atoms with van der Waals surface area (Å²) in [6.07, 6.45) is 4.21. The highest BCUT2D eigenvalue weighted by molar-refractivity contribution is 7.88. The molecule has 0 aromatic heterocycles. The molecule has 1 rings (SSSR count). The van der Waals surface area contributed by atoms with E-state index in [0.717, 1.165) is 36.5 Å². The highest BCUT2D eigenvalue weighted by Gasteiger charge is 2.27. The number of carboxylic acids is 1. The van der Waals surface area contributed by atoms with Gasteiger partial charge in [-0.3, -0.25) is 9.69 Å². The van der Waals surface area contributed by atoms with Crippen LogP contribution in [0.3, 0.4) is 0 Å². The van der Waals surface area contributed by atoms with Gasteiger partial charge in [0.05, 0.1) is 19.0 Å². The molecule has 1 aliphatic heterocycles. The molecule has 8 heteroatoms. The van der Waals surface area contributed by atoms with Crippen molar-refractivity contribution in [1.29, 1.82) is 0 Å². The van der Waals surface area contributed by atoms with E-state index in [2.05, 4.69) is 11.8 Å². The molecule has 1 aliphatic rings. The van der Waals surface area contributed by atoms with Gasteiger partial charge in [-0.1, -0.05) is 19.8 Å². The van der Waals surface area contributed by atoms with Crippen LogP contribution < -0.4 is 0 Å². The Bertz CT molecular complexity index is 426. The van der Waals surface area contributed by atoms with Crippen LogP contribution in [0.4, 0.5) is 0 Å². The van der Waals surface area contributed by atoms with Gasteiger partial charge in [-0.05, 0) is 13.0 Å². The molecule has 0 bridgehead atoms. The van der Waals surface area contributed by atoms with Gasteiger partial charge in [0, 0.05) is 19.6 Å². The SMILES string of the molecule is CCCCCN1CCOC(CN(CC(=O)O)S(C)(=O)=O)C1. The Hall–Kier alpha value is -0.700. The average molecular weight is 322 g/mol. The summed E-state index contributed by atoms with van der Waals surface area (Å²) in [5.74, 6) is -1.16. The fraction of sp³-hybridized carbons (Fsp3) is 0.923. The fourth-order valence-electron chi connectivity index (χ4n) is 2.37. The molecule has 1 saturated heterocycles. The number of hydrogen-bond acceptors (Lipinski definition) is 5.